The third kappa shape index (κ3) is 3.26. The Morgan fingerprint density at radius 1 is 1.25 bits per heavy atom. The number of benzene rings is 2. The van der Waals surface area contributed by atoms with E-state index < -0.39 is 0 Å². The van der Waals surface area contributed by atoms with Gasteiger partial charge in [-0.3, -0.25) is 0 Å². The van der Waals surface area contributed by atoms with Crippen LogP contribution in [0.1, 0.15) is 11.1 Å². The van der Waals surface area contributed by atoms with E-state index in [1.807, 2.05) is 36.2 Å². The number of hydrogen-bond acceptors (Lipinski definition) is 2. The molecule has 0 aromatic heterocycles. The molecule has 0 atom stereocenters. The number of nitrogens with zero attached hydrogens (tertiary/aromatic N) is 1. The normalized spacial score (nSPS) is 10.3. The first-order chi connectivity index (χ1) is 9.49. The van der Waals surface area contributed by atoms with E-state index in [1.165, 1.54) is 6.07 Å². The van der Waals surface area contributed by atoms with E-state index in [4.69, 9.17) is 29.6 Å². The average Bonchev–Trinajstić information content (AvgIpc) is 2.43. The van der Waals surface area contributed by atoms with E-state index in [0.717, 1.165) is 11.3 Å². The van der Waals surface area contributed by atoms with Crippen molar-refractivity contribution in [2.75, 3.05) is 11.9 Å². The van der Waals surface area contributed by atoms with Crippen molar-refractivity contribution in [3.63, 3.8) is 0 Å². The standard InChI is InChI=1S/C15H14ClFN2S/c1-19(9-12-13(16)3-2-4-14(12)17)11-7-5-10(6-8-11)15(18)20/h2-8H,9H2,1H3,(H2,18,20). The van der Waals surface area contributed by atoms with Crippen molar-refractivity contribution in [3.05, 3.63) is 64.4 Å². The lowest BCUT2D eigenvalue weighted by atomic mass is 10.1. The summed E-state index contributed by atoms with van der Waals surface area (Å²) in [5.74, 6) is -0.302. The molecule has 104 valence electrons. The van der Waals surface area contributed by atoms with Gasteiger partial charge in [-0.1, -0.05) is 29.9 Å². The van der Waals surface area contributed by atoms with Crippen LogP contribution in [0.4, 0.5) is 10.1 Å². The van der Waals surface area contributed by atoms with Crippen LogP contribution in [0.5, 0.6) is 0 Å². The summed E-state index contributed by atoms with van der Waals surface area (Å²) < 4.78 is 13.8. The summed E-state index contributed by atoms with van der Waals surface area (Å²) in [7, 11) is 1.87. The van der Waals surface area contributed by atoms with E-state index in [0.29, 0.717) is 22.1 Å². The van der Waals surface area contributed by atoms with Gasteiger partial charge in [0.1, 0.15) is 10.8 Å². The molecule has 0 unspecified atom stereocenters. The van der Waals surface area contributed by atoms with Crippen LogP contribution in [-0.2, 0) is 6.54 Å². The zero-order valence-electron chi connectivity index (χ0n) is 10.9. The molecule has 0 bridgehead atoms. The lowest BCUT2D eigenvalue weighted by Crippen LogP contribution is -2.18. The summed E-state index contributed by atoms with van der Waals surface area (Å²) in [4.78, 5) is 2.27. The highest BCUT2D eigenvalue weighted by Gasteiger charge is 2.10. The SMILES string of the molecule is CN(Cc1c(F)cccc1Cl)c1ccc(C(N)=S)cc1. The van der Waals surface area contributed by atoms with Crippen molar-refractivity contribution < 1.29 is 4.39 Å². The van der Waals surface area contributed by atoms with Gasteiger partial charge >= 0.3 is 0 Å². The Labute approximate surface area is 128 Å². The van der Waals surface area contributed by atoms with E-state index in [2.05, 4.69) is 0 Å². The summed E-state index contributed by atoms with van der Waals surface area (Å²) >= 11 is 10.9. The Kier molecular flexibility index (Phi) is 4.57. The smallest absolute Gasteiger partial charge is 0.129 e. The van der Waals surface area contributed by atoms with E-state index in [1.54, 1.807) is 12.1 Å². The second-order valence-corrected chi connectivity index (χ2v) is 5.31. The maximum Gasteiger partial charge on any atom is 0.129 e. The molecule has 0 aliphatic rings. The predicted octanol–water partition coefficient (Wildman–Crippen LogP) is 3.75. The lowest BCUT2D eigenvalue weighted by molar-refractivity contribution is 0.608. The second-order valence-electron chi connectivity index (χ2n) is 4.47. The van der Waals surface area contributed by atoms with Crippen molar-refractivity contribution in [2.24, 2.45) is 5.73 Å². The minimum Gasteiger partial charge on any atom is -0.389 e. The summed E-state index contributed by atoms with van der Waals surface area (Å²) in [6.45, 7) is 0.387. The fourth-order valence-corrected chi connectivity index (χ4v) is 2.25. The highest BCUT2D eigenvalue weighted by Crippen LogP contribution is 2.23. The number of hydrogen-bond donors (Lipinski definition) is 1. The van der Waals surface area contributed by atoms with Crippen LogP contribution in [0.15, 0.2) is 42.5 Å². The van der Waals surface area contributed by atoms with Gasteiger partial charge in [0.05, 0.1) is 0 Å². The van der Waals surface area contributed by atoms with Crippen molar-refractivity contribution >= 4 is 34.5 Å². The summed E-state index contributed by atoms with van der Waals surface area (Å²) in [6, 6.07) is 12.2. The van der Waals surface area contributed by atoms with Gasteiger partial charge in [0.15, 0.2) is 0 Å². The molecule has 0 amide bonds. The maximum atomic E-state index is 13.8. The summed E-state index contributed by atoms with van der Waals surface area (Å²) in [5.41, 5.74) is 7.78. The van der Waals surface area contributed by atoms with Crippen molar-refractivity contribution in [2.45, 2.75) is 6.54 Å². The molecule has 0 aliphatic heterocycles. The Balaban J connectivity index is 2.19. The third-order valence-electron chi connectivity index (χ3n) is 3.05. The van der Waals surface area contributed by atoms with Crippen LogP contribution in [0.2, 0.25) is 5.02 Å². The van der Waals surface area contributed by atoms with Crippen molar-refractivity contribution in [3.8, 4) is 0 Å². The maximum absolute atomic E-state index is 13.8. The van der Waals surface area contributed by atoms with Gasteiger partial charge in [0.25, 0.3) is 0 Å². The van der Waals surface area contributed by atoms with Crippen LogP contribution < -0.4 is 10.6 Å². The lowest BCUT2D eigenvalue weighted by Gasteiger charge is -2.20. The minimum absolute atomic E-state index is 0.302. The number of anilines is 1. The quantitative estimate of drug-likeness (QED) is 0.872. The van der Waals surface area contributed by atoms with Crippen LogP contribution in [0, 0.1) is 5.82 Å². The van der Waals surface area contributed by atoms with E-state index in [-0.39, 0.29) is 5.82 Å². The molecule has 0 spiro atoms. The Bertz CT molecular complexity index is 608. The molecule has 2 nitrogen and oxygen atoms in total. The predicted molar refractivity (Wildman–Crippen MR) is 85.8 cm³/mol. The molecule has 0 saturated heterocycles. The number of rotatable bonds is 4. The molecule has 2 N–H and O–H groups in total. The Hall–Kier alpha value is -1.65. The molecule has 0 fully saturated rings. The monoisotopic (exact) mass is 308 g/mol. The van der Waals surface area contributed by atoms with E-state index >= 15 is 0 Å². The van der Waals surface area contributed by atoms with Crippen LogP contribution in [0.25, 0.3) is 0 Å². The molecule has 2 rings (SSSR count). The second kappa shape index (κ2) is 6.20. The zero-order chi connectivity index (χ0) is 14.7. The van der Waals surface area contributed by atoms with Crippen LogP contribution in [-0.4, -0.2) is 12.0 Å². The zero-order valence-corrected chi connectivity index (χ0v) is 12.5. The number of thiocarbonyl (C=S) groups is 1. The number of halogens is 2. The Morgan fingerprint density at radius 2 is 1.90 bits per heavy atom. The van der Waals surface area contributed by atoms with Gasteiger partial charge in [-0.05, 0) is 36.4 Å². The third-order valence-corrected chi connectivity index (χ3v) is 3.64. The highest BCUT2D eigenvalue weighted by atomic mass is 35.5. The minimum atomic E-state index is -0.302. The molecule has 2 aromatic rings. The first-order valence-corrected chi connectivity index (χ1v) is 6.81. The fourth-order valence-electron chi connectivity index (χ4n) is 1.89. The molecule has 5 heteroatoms. The molecule has 0 saturated carbocycles. The fraction of sp³-hybridized carbons (Fsp3) is 0.133. The van der Waals surface area contributed by atoms with Gasteiger partial charge in [-0.2, -0.15) is 0 Å². The van der Waals surface area contributed by atoms with Crippen molar-refractivity contribution in [1.29, 1.82) is 0 Å². The molecular weight excluding hydrogens is 295 g/mol. The molecule has 0 aliphatic carbocycles. The molecule has 20 heavy (non-hydrogen) atoms. The Morgan fingerprint density at radius 3 is 2.45 bits per heavy atom. The molecule has 2 aromatic carbocycles. The summed E-state index contributed by atoms with van der Waals surface area (Å²) in [5, 5.41) is 0.427. The van der Waals surface area contributed by atoms with Crippen LogP contribution in [0.3, 0.4) is 0 Å². The van der Waals surface area contributed by atoms with Gasteiger partial charge in [-0.25, -0.2) is 4.39 Å². The van der Waals surface area contributed by atoms with E-state index in [9.17, 15) is 4.39 Å². The van der Waals surface area contributed by atoms with Gasteiger partial charge in [-0.15, -0.1) is 0 Å². The largest absolute Gasteiger partial charge is 0.389 e. The van der Waals surface area contributed by atoms with Gasteiger partial charge in [0.2, 0.25) is 0 Å². The molecular formula is C15H14ClFN2S. The molecule has 0 heterocycles. The summed E-state index contributed by atoms with van der Waals surface area (Å²) in [6.07, 6.45) is 0. The van der Waals surface area contributed by atoms with Crippen LogP contribution >= 0.6 is 23.8 Å². The highest BCUT2D eigenvalue weighted by molar-refractivity contribution is 7.80. The first kappa shape index (κ1) is 14.8. The van der Waals surface area contributed by atoms with Gasteiger partial charge in [0, 0.05) is 35.4 Å². The van der Waals surface area contributed by atoms with Gasteiger partial charge < -0.3 is 10.6 Å². The van der Waals surface area contributed by atoms with Crippen molar-refractivity contribution in [1.82, 2.24) is 0 Å². The number of nitrogens with two attached hydrogens (primary N) is 1. The first-order valence-electron chi connectivity index (χ1n) is 6.03. The average molecular weight is 309 g/mol. The molecule has 0 radical (unpaired) electrons. The topological polar surface area (TPSA) is 29.3 Å².